The average molecular weight is 504 g/mol. The second-order valence-corrected chi connectivity index (χ2v) is 7.32. The molecule has 0 bridgehead atoms. The molecular weight excluding hydrogens is 475 g/mol. The summed E-state index contributed by atoms with van der Waals surface area (Å²) < 4.78 is 7.44. The number of fused-ring (bicyclic) bond motifs is 1. The highest BCUT2D eigenvalue weighted by molar-refractivity contribution is 14.0. The first-order chi connectivity index (χ1) is 12.8. The third kappa shape index (κ3) is 6.70. The molecule has 0 amide bonds. The van der Waals surface area contributed by atoms with Crippen LogP contribution >= 0.6 is 35.7 Å². The molecule has 0 aliphatic carbocycles. The van der Waals surface area contributed by atoms with Gasteiger partial charge in [-0.15, -0.1) is 24.0 Å². The predicted molar refractivity (Wildman–Crippen MR) is 121 cm³/mol. The van der Waals surface area contributed by atoms with Crippen molar-refractivity contribution in [3.8, 4) is 0 Å². The van der Waals surface area contributed by atoms with Gasteiger partial charge in [0.1, 0.15) is 11.6 Å². The number of aromatic nitrogens is 3. The number of rotatable bonds is 8. The molecule has 7 nitrogen and oxygen atoms in total. The van der Waals surface area contributed by atoms with Crippen molar-refractivity contribution < 1.29 is 4.42 Å². The van der Waals surface area contributed by atoms with E-state index in [2.05, 4.69) is 33.9 Å². The normalized spacial score (nSPS) is 16.5. The quantitative estimate of drug-likeness (QED) is 0.249. The summed E-state index contributed by atoms with van der Waals surface area (Å²) in [6.07, 6.45) is 7.54. The van der Waals surface area contributed by atoms with Gasteiger partial charge in [0.2, 0.25) is 0 Å². The van der Waals surface area contributed by atoms with Crippen LogP contribution in [0.15, 0.2) is 27.8 Å². The Hall–Kier alpha value is -1.23. The van der Waals surface area contributed by atoms with E-state index in [4.69, 9.17) is 9.41 Å². The minimum Gasteiger partial charge on any atom is -0.469 e. The standard InChI is InChI=1S/C18H28N6OS.HI/c1-3-16-22-17-7-6-14(13-24(17)23-16)21-18(20-10-12-26-2)19-9-8-15-5-4-11-25-15;/h4-5,11,14H,3,6-10,12-13H2,1-2H3,(H2,19,20,21);1H. The molecule has 3 heterocycles. The third-order valence-corrected chi connectivity index (χ3v) is 4.96. The lowest BCUT2D eigenvalue weighted by atomic mass is 10.1. The van der Waals surface area contributed by atoms with Crippen LogP contribution in [0.5, 0.6) is 0 Å². The van der Waals surface area contributed by atoms with Crippen molar-refractivity contribution in [3.05, 3.63) is 35.8 Å². The Morgan fingerprint density at radius 1 is 1.48 bits per heavy atom. The zero-order valence-electron chi connectivity index (χ0n) is 16.0. The predicted octanol–water partition coefficient (Wildman–Crippen LogP) is 2.51. The summed E-state index contributed by atoms with van der Waals surface area (Å²) in [6.45, 7) is 4.53. The van der Waals surface area contributed by atoms with Crippen LogP contribution in [0.2, 0.25) is 0 Å². The van der Waals surface area contributed by atoms with E-state index in [9.17, 15) is 0 Å². The molecule has 150 valence electrons. The zero-order valence-corrected chi connectivity index (χ0v) is 19.1. The van der Waals surface area contributed by atoms with Crippen molar-refractivity contribution in [2.45, 2.75) is 45.2 Å². The van der Waals surface area contributed by atoms with Gasteiger partial charge in [0.25, 0.3) is 0 Å². The summed E-state index contributed by atoms with van der Waals surface area (Å²) in [5.74, 6) is 4.91. The molecule has 0 aromatic carbocycles. The molecule has 1 aliphatic heterocycles. The second kappa shape index (κ2) is 11.6. The second-order valence-electron chi connectivity index (χ2n) is 6.34. The van der Waals surface area contributed by atoms with Crippen molar-refractivity contribution in [1.29, 1.82) is 0 Å². The lowest BCUT2D eigenvalue weighted by Crippen LogP contribution is -2.47. The fourth-order valence-electron chi connectivity index (χ4n) is 2.98. The van der Waals surface area contributed by atoms with Gasteiger partial charge in [-0.25, -0.2) is 9.67 Å². The molecule has 0 spiro atoms. The molecule has 2 aromatic rings. The summed E-state index contributed by atoms with van der Waals surface area (Å²) >= 11 is 1.81. The lowest BCUT2D eigenvalue weighted by molar-refractivity contribution is 0.392. The number of guanidine groups is 1. The van der Waals surface area contributed by atoms with Gasteiger partial charge >= 0.3 is 0 Å². The Kier molecular flexibility index (Phi) is 9.46. The fraction of sp³-hybridized carbons (Fsp3) is 0.611. The van der Waals surface area contributed by atoms with Crippen molar-refractivity contribution in [3.63, 3.8) is 0 Å². The van der Waals surface area contributed by atoms with E-state index in [1.165, 1.54) is 0 Å². The Morgan fingerprint density at radius 3 is 3.11 bits per heavy atom. The highest BCUT2D eigenvalue weighted by Crippen LogP contribution is 2.13. The maximum Gasteiger partial charge on any atom is 0.191 e. The van der Waals surface area contributed by atoms with E-state index in [1.807, 2.05) is 28.6 Å². The van der Waals surface area contributed by atoms with Gasteiger partial charge in [0.15, 0.2) is 11.8 Å². The number of nitrogens with one attached hydrogen (secondary N) is 2. The van der Waals surface area contributed by atoms with Crippen LogP contribution in [-0.2, 0) is 25.8 Å². The van der Waals surface area contributed by atoms with Crippen molar-refractivity contribution in [1.82, 2.24) is 25.4 Å². The maximum atomic E-state index is 5.39. The molecule has 0 radical (unpaired) electrons. The lowest BCUT2D eigenvalue weighted by Gasteiger charge is -2.25. The van der Waals surface area contributed by atoms with Crippen molar-refractivity contribution in [2.24, 2.45) is 4.99 Å². The number of aryl methyl sites for hydroxylation is 2. The third-order valence-electron chi connectivity index (χ3n) is 4.37. The fourth-order valence-corrected chi connectivity index (χ4v) is 3.26. The molecule has 0 saturated carbocycles. The van der Waals surface area contributed by atoms with E-state index < -0.39 is 0 Å². The van der Waals surface area contributed by atoms with E-state index in [0.717, 1.165) is 74.4 Å². The number of hydrogen-bond donors (Lipinski definition) is 2. The van der Waals surface area contributed by atoms with Crippen molar-refractivity contribution >= 4 is 41.7 Å². The molecule has 0 fully saturated rings. The van der Waals surface area contributed by atoms with Crippen LogP contribution in [0.3, 0.4) is 0 Å². The number of thioether (sulfide) groups is 1. The van der Waals surface area contributed by atoms with Gasteiger partial charge in [-0.2, -0.15) is 16.9 Å². The molecule has 3 rings (SSSR count). The topological polar surface area (TPSA) is 80.3 Å². The molecule has 0 saturated heterocycles. The minimum absolute atomic E-state index is 0. The van der Waals surface area contributed by atoms with Crippen LogP contribution in [0.1, 0.15) is 30.8 Å². The first-order valence-corrected chi connectivity index (χ1v) is 10.7. The Balaban J connectivity index is 0.00000261. The zero-order chi connectivity index (χ0) is 18.2. The van der Waals surface area contributed by atoms with E-state index in [0.29, 0.717) is 6.04 Å². The largest absolute Gasteiger partial charge is 0.469 e. The summed E-state index contributed by atoms with van der Waals surface area (Å²) in [7, 11) is 0. The van der Waals surface area contributed by atoms with Crippen LogP contribution < -0.4 is 10.6 Å². The Morgan fingerprint density at radius 2 is 2.37 bits per heavy atom. The number of aliphatic imine (C=N–C) groups is 1. The first kappa shape index (κ1) is 22.1. The SMILES string of the molecule is CCc1nc2n(n1)CC(NC(=NCCSC)NCCc1ccco1)CC2.I. The molecule has 27 heavy (non-hydrogen) atoms. The molecule has 1 unspecified atom stereocenters. The number of nitrogens with zero attached hydrogens (tertiary/aromatic N) is 4. The monoisotopic (exact) mass is 504 g/mol. The van der Waals surface area contributed by atoms with E-state index in [-0.39, 0.29) is 24.0 Å². The molecule has 1 atom stereocenters. The van der Waals surface area contributed by atoms with Gasteiger partial charge < -0.3 is 15.1 Å². The highest BCUT2D eigenvalue weighted by Gasteiger charge is 2.22. The Labute approximate surface area is 182 Å². The van der Waals surface area contributed by atoms with Crippen molar-refractivity contribution in [2.75, 3.05) is 25.1 Å². The number of hydrogen-bond acceptors (Lipinski definition) is 5. The van der Waals surface area contributed by atoms with E-state index >= 15 is 0 Å². The molecule has 2 aromatic heterocycles. The minimum atomic E-state index is 0. The molecule has 1 aliphatic rings. The van der Waals surface area contributed by atoms with Crippen LogP contribution in [0.4, 0.5) is 0 Å². The molecular formula is C18H29IN6OS. The van der Waals surface area contributed by atoms with Gasteiger partial charge in [-0.1, -0.05) is 6.92 Å². The van der Waals surface area contributed by atoms with Gasteiger partial charge in [0, 0.05) is 37.6 Å². The van der Waals surface area contributed by atoms with E-state index in [1.54, 1.807) is 6.26 Å². The smallest absolute Gasteiger partial charge is 0.191 e. The van der Waals surface area contributed by atoms with Crippen LogP contribution in [-0.4, -0.2) is 51.9 Å². The summed E-state index contributed by atoms with van der Waals surface area (Å²) in [5.41, 5.74) is 0. The molecule has 9 heteroatoms. The summed E-state index contributed by atoms with van der Waals surface area (Å²) in [5, 5.41) is 11.6. The molecule has 2 N–H and O–H groups in total. The van der Waals surface area contributed by atoms with Crippen LogP contribution in [0, 0.1) is 0 Å². The number of halogens is 1. The summed E-state index contributed by atoms with van der Waals surface area (Å²) in [4.78, 5) is 9.29. The highest BCUT2D eigenvalue weighted by atomic mass is 127. The van der Waals surface area contributed by atoms with Gasteiger partial charge in [0.05, 0.1) is 19.4 Å². The van der Waals surface area contributed by atoms with Gasteiger partial charge in [-0.05, 0) is 24.8 Å². The number of furan rings is 1. The first-order valence-electron chi connectivity index (χ1n) is 9.27. The van der Waals surface area contributed by atoms with Crippen LogP contribution in [0.25, 0.3) is 0 Å². The Bertz CT molecular complexity index is 703. The summed E-state index contributed by atoms with van der Waals surface area (Å²) in [6, 6.07) is 4.24. The maximum absolute atomic E-state index is 5.39. The average Bonchev–Trinajstić information content (AvgIpc) is 3.30. The van der Waals surface area contributed by atoms with Gasteiger partial charge in [-0.3, -0.25) is 4.99 Å².